The first kappa shape index (κ1) is 8.29. The van der Waals surface area contributed by atoms with E-state index in [1.807, 2.05) is 12.1 Å². The first-order valence-corrected chi connectivity index (χ1v) is 4.17. The second-order valence-corrected chi connectivity index (χ2v) is 3.00. The van der Waals surface area contributed by atoms with E-state index in [-0.39, 0.29) is 0 Å². The van der Waals surface area contributed by atoms with Gasteiger partial charge in [0.15, 0.2) is 0 Å². The second-order valence-electron chi connectivity index (χ2n) is 3.00. The van der Waals surface area contributed by atoms with Crippen LogP contribution in [0.25, 0.3) is 10.8 Å². The molecule has 0 unspecified atom stereocenters. The molecule has 0 saturated heterocycles. The van der Waals surface area contributed by atoms with Gasteiger partial charge in [0.2, 0.25) is 0 Å². The van der Waals surface area contributed by atoms with Crippen LogP contribution < -0.4 is 0 Å². The lowest BCUT2D eigenvalue weighted by Crippen LogP contribution is -1.78. The van der Waals surface area contributed by atoms with Crippen LogP contribution in [0.1, 0.15) is 11.1 Å². The van der Waals surface area contributed by atoms with Gasteiger partial charge in [-0.3, -0.25) is 0 Å². The minimum absolute atomic E-state index is 0.618. The number of nitriles is 2. The van der Waals surface area contributed by atoms with Crippen LogP contribution in [0.2, 0.25) is 0 Å². The maximum absolute atomic E-state index is 8.71. The van der Waals surface area contributed by atoms with Gasteiger partial charge in [0, 0.05) is 0 Å². The van der Waals surface area contributed by atoms with E-state index in [0.29, 0.717) is 11.1 Å². The standard InChI is InChI=1S/C12H6N2/c13-7-9-1-3-11-4-2-10(8-14)6-12(11)5-9/h1-6H. The summed E-state index contributed by atoms with van der Waals surface area (Å²) in [5.41, 5.74) is 1.24. The molecule has 2 nitrogen and oxygen atoms in total. The minimum atomic E-state index is 0.618. The van der Waals surface area contributed by atoms with Gasteiger partial charge in [0.25, 0.3) is 0 Å². The van der Waals surface area contributed by atoms with Gasteiger partial charge in [0.05, 0.1) is 23.3 Å². The number of hydrogen-bond donors (Lipinski definition) is 0. The third-order valence-corrected chi connectivity index (χ3v) is 2.10. The summed E-state index contributed by atoms with van der Waals surface area (Å²) < 4.78 is 0. The topological polar surface area (TPSA) is 47.6 Å². The van der Waals surface area contributed by atoms with Crippen LogP contribution in [0.5, 0.6) is 0 Å². The highest BCUT2D eigenvalue weighted by Gasteiger charge is 1.97. The van der Waals surface area contributed by atoms with Crippen LogP contribution in [0.4, 0.5) is 0 Å². The van der Waals surface area contributed by atoms with Crippen molar-refractivity contribution in [2.75, 3.05) is 0 Å². The van der Waals surface area contributed by atoms with E-state index in [0.717, 1.165) is 10.8 Å². The molecule has 64 valence electrons. The fourth-order valence-corrected chi connectivity index (χ4v) is 1.39. The Bertz CT molecular complexity index is 522. The zero-order valence-electron chi connectivity index (χ0n) is 7.36. The second kappa shape index (κ2) is 3.20. The molecule has 0 fully saturated rings. The Labute approximate surface area is 81.6 Å². The lowest BCUT2D eigenvalue weighted by Gasteiger charge is -1.97. The molecular formula is C12H6N2. The molecule has 0 bridgehead atoms. The van der Waals surface area contributed by atoms with Crippen molar-refractivity contribution < 1.29 is 0 Å². The first-order chi connectivity index (χ1) is 6.83. The number of hydrogen-bond acceptors (Lipinski definition) is 2. The molecule has 2 aromatic carbocycles. The monoisotopic (exact) mass is 178 g/mol. The smallest absolute Gasteiger partial charge is 0.0991 e. The number of nitrogens with zero attached hydrogens (tertiary/aromatic N) is 2. The molecule has 0 N–H and O–H groups in total. The summed E-state index contributed by atoms with van der Waals surface area (Å²) in [5, 5.41) is 19.4. The van der Waals surface area contributed by atoms with E-state index < -0.39 is 0 Å². The van der Waals surface area contributed by atoms with Crippen molar-refractivity contribution in [3.8, 4) is 12.1 Å². The maximum Gasteiger partial charge on any atom is 0.0991 e. The predicted molar refractivity (Wildman–Crippen MR) is 53.4 cm³/mol. The Hall–Kier alpha value is -2.32. The molecule has 0 aliphatic heterocycles. The third-order valence-electron chi connectivity index (χ3n) is 2.10. The summed E-state index contributed by atoms with van der Waals surface area (Å²) in [6.07, 6.45) is 0. The van der Waals surface area contributed by atoms with Crippen LogP contribution >= 0.6 is 0 Å². The highest BCUT2D eigenvalue weighted by Crippen LogP contribution is 2.17. The third kappa shape index (κ3) is 1.30. The van der Waals surface area contributed by atoms with Crippen molar-refractivity contribution in [3.05, 3.63) is 47.5 Å². The molecule has 0 amide bonds. The summed E-state index contributed by atoms with van der Waals surface area (Å²) in [4.78, 5) is 0. The van der Waals surface area contributed by atoms with Gasteiger partial charge in [-0.05, 0) is 35.0 Å². The summed E-state index contributed by atoms with van der Waals surface area (Å²) in [6, 6.07) is 15.0. The predicted octanol–water partition coefficient (Wildman–Crippen LogP) is 2.58. The summed E-state index contributed by atoms with van der Waals surface area (Å²) >= 11 is 0. The van der Waals surface area contributed by atoms with Crippen LogP contribution in [0, 0.1) is 22.7 Å². The molecule has 2 aromatic rings. The zero-order valence-corrected chi connectivity index (χ0v) is 7.36. The lowest BCUT2D eigenvalue weighted by atomic mass is 10.1. The Morgan fingerprint density at radius 1 is 0.714 bits per heavy atom. The van der Waals surface area contributed by atoms with Gasteiger partial charge < -0.3 is 0 Å². The normalized spacial score (nSPS) is 9.29. The fourth-order valence-electron chi connectivity index (χ4n) is 1.39. The molecule has 0 saturated carbocycles. The first-order valence-electron chi connectivity index (χ1n) is 4.17. The van der Waals surface area contributed by atoms with Crippen LogP contribution in [-0.4, -0.2) is 0 Å². The van der Waals surface area contributed by atoms with Crippen molar-refractivity contribution in [1.29, 1.82) is 10.5 Å². The lowest BCUT2D eigenvalue weighted by molar-refractivity contribution is 1.48. The van der Waals surface area contributed by atoms with Crippen molar-refractivity contribution in [2.24, 2.45) is 0 Å². The van der Waals surface area contributed by atoms with Crippen molar-refractivity contribution >= 4 is 10.8 Å². The Kier molecular flexibility index (Phi) is 1.89. The van der Waals surface area contributed by atoms with E-state index >= 15 is 0 Å². The molecule has 0 aliphatic rings. The molecule has 2 rings (SSSR count). The van der Waals surface area contributed by atoms with Gasteiger partial charge in [-0.25, -0.2) is 0 Å². The minimum Gasteiger partial charge on any atom is -0.192 e. The average Bonchev–Trinajstić information content (AvgIpc) is 2.27. The average molecular weight is 178 g/mol. The van der Waals surface area contributed by atoms with Crippen LogP contribution in [0.3, 0.4) is 0 Å². The Morgan fingerprint density at radius 3 is 1.64 bits per heavy atom. The van der Waals surface area contributed by atoms with Crippen molar-refractivity contribution in [1.82, 2.24) is 0 Å². The summed E-state index contributed by atoms with van der Waals surface area (Å²) in [7, 11) is 0. The van der Waals surface area contributed by atoms with E-state index in [1.165, 1.54) is 0 Å². The molecule has 0 radical (unpaired) electrons. The SMILES string of the molecule is N#Cc1ccc2ccc(C#N)cc2c1. The number of rotatable bonds is 0. The van der Waals surface area contributed by atoms with E-state index in [2.05, 4.69) is 12.1 Å². The summed E-state index contributed by atoms with van der Waals surface area (Å²) in [5.74, 6) is 0. The molecule has 0 heterocycles. The number of benzene rings is 2. The van der Waals surface area contributed by atoms with Crippen molar-refractivity contribution in [2.45, 2.75) is 0 Å². The molecular weight excluding hydrogens is 172 g/mol. The van der Waals surface area contributed by atoms with Crippen molar-refractivity contribution in [3.63, 3.8) is 0 Å². The van der Waals surface area contributed by atoms with Gasteiger partial charge in [-0.15, -0.1) is 0 Å². The van der Waals surface area contributed by atoms with Gasteiger partial charge in [-0.2, -0.15) is 10.5 Å². The molecule has 0 aliphatic carbocycles. The molecule has 0 atom stereocenters. The fraction of sp³-hybridized carbons (Fsp3) is 0. The van der Waals surface area contributed by atoms with Gasteiger partial charge in [0.1, 0.15) is 0 Å². The van der Waals surface area contributed by atoms with Gasteiger partial charge in [-0.1, -0.05) is 12.1 Å². The highest BCUT2D eigenvalue weighted by molar-refractivity contribution is 5.85. The largest absolute Gasteiger partial charge is 0.192 e. The Morgan fingerprint density at radius 2 is 1.21 bits per heavy atom. The molecule has 0 aromatic heterocycles. The number of fused-ring (bicyclic) bond motifs is 1. The van der Waals surface area contributed by atoms with Gasteiger partial charge >= 0.3 is 0 Å². The Balaban J connectivity index is 2.75. The molecule has 14 heavy (non-hydrogen) atoms. The highest BCUT2D eigenvalue weighted by atomic mass is 14.2. The van der Waals surface area contributed by atoms with E-state index in [9.17, 15) is 0 Å². The van der Waals surface area contributed by atoms with E-state index in [1.54, 1.807) is 24.3 Å². The molecule has 0 spiro atoms. The zero-order chi connectivity index (χ0) is 9.97. The molecule has 2 heteroatoms. The summed E-state index contributed by atoms with van der Waals surface area (Å²) in [6.45, 7) is 0. The quantitative estimate of drug-likeness (QED) is 0.622. The van der Waals surface area contributed by atoms with E-state index in [4.69, 9.17) is 10.5 Å². The van der Waals surface area contributed by atoms with Crippen LogP contribution in [-0.2, 0) is 0 Å². The van der Waals surface area contributed by atoms with Crippen LogP contribution in [0.15, 0.2) is 36.4 Å². The maximum atomic E-state index is 8.71.